The van der Waals surface area contributed by atoms with Gasteiger partial charge >= 0.3 is 0 Å². The van der Waals surface area contributed by atoms with Gasteiger partial charge in [0.2, 0.25) is 11.8 Å². The van der Waals surface area contributed by atoms with Crippen molar-refractivity contribution in [3.05, 3.63) is 34.9 Å². The fourth-order valence-corrected chi connectivity index (χ4v) is 5.45. The lowest BCUT2D eigenvalue weighted by Crippen LogP contribution is -2.52. The highest BCUT2D eigenvalue weighted by Gasteiger charge is 2.40. The first-order valence-corrected chi connectivity index (χ1v) is 10.7. The van der Waals surface area contributed by atoms with Crippen LogP contribution in [0.1, 0.15) is 53.6 Å². The summed E-state index contributed by atoms with van der Waals surface area (Å²) in [4.78, 5) is 40.9. The second-order valence-corrected chi connectivity index (χ2v) is 9.05. The van der Waals surface area contributed by atoms with E-state index in [9.17, 15) is 14.4 Å². The summed E-state index contributed by atoms with van der Waals surface area (Å²) in [6.45, 7) is 5.79. The molecule has 0 aliphatic carbocycles. The Labute approximate surface area is 170 Å². The van der Waals surface area contributed by atoms with Crippen molar-refractivity contribution in [3.8, 4) is 0 Å². The highest BCUT2D eigenvalue weighted by atomic mass is 16.2. The molecule has 4 aliphatic rings. The van der Waals surface area contributed by atoms with Crippen LogP contribution in [-0.4, -0.2) is 59.7 Å². The van der Waals surface area contributed by atoms with Crippen molar-refractivity contribution in [2.45, 2.75) is 51.2 Å². The number of amides is 3. The Hall–Kier alpha value is -2.25. The molecule has 1 aromatic rings. The summed E-state index contributed by atoms with van der Waals surface area (Å²) in [5.74, 6) is -0.696. The normalized spacial score (nSPS) is 26.8. The number of nitrogens with zero attached hydrogens (tertiary/aromatic N) is 2. The van der Waals surface area contributed by atoms with Crippen LogP contribution in [0.15, 0.2) is 18.2 Å². The van der Waals surface area contributed by atoms with Crippen molar-refractivity contribution < 1.29 is 14.4 Å². The van der Waals surface area contributed by atoms with E-state index < -0.39 is 6.04 Å². The minimum Gasteiger partial charge on any atom is -0.322 e. The molecule has 0 saturated carbocycles. The smallest absolute Gasteiger partial charge is 0.255 e. The molecule has 2 N–H and O–H groups in total. The molecule has 1 atom stereocenters. The van der Waals surface area contributed by atoms with Gasteiger partial charge in [0.15, 0.2) is 0 Å². The van der Waals surface area contributed by atoms with Crippen LogP contribution in [0.25, 0.3) is 0 Å². The number of benzene rings is 1. The molecule has 5 rings (SSSR count). The van der Waals surface area contributed by atoms with E-state index in [1.807, 2.05) is 12.1 Å². The zero-order chi connectivity index (χ0) is 20.0. The lowest BCUT2D eigenvalue weighted by atomic mass is 9.78. The predicted molar refractivity (Wildman–Crippen MR) is 107 cm³/mol. The van der Waals surface area contributed by atoms with Gasteiger partial charge in [0.05, 0.1) is 0 Å². The molecular weight excluding hydrogens is 368 g/mol. The molecule has 1 spiro atoms. The standard InChI is InChI=1S/C22H28N4O3/c27-19-5-4-18(20(28)24-19)26-13-17-15(2-1-3-16(17)21(26)29)12-25-10-7-22(8-11-25)6-9-23-14-22/h1-3,18,23H,4-14H2,(H,24,27,28). The van der Waals surface area contributed by atoms with Crippen molar-refractivity contribution in [1.82, 2.24) is 20.4 Å². The van der Waals surface area contributed by atoms with Gasteiger partial charge < -0.3 is 10.2 Å². The molecule has 29 heavy (non-hydrogen) atoms. The van der Waals surface area contributed by atoms with Crippen LogP contribution in [0.5, 0.6) is 0 Å². The van der Waals surface area contributed by atoms with Gasteiger partial charge in [0, 0.05) is 31.6 Å². The Morgan fingerprint density at radius 3 is 2.66 bits per heavy atom. The molecule has 3 saturated heterocycles. The topological polar surface area (TPSA) is 81.8 Å². The van der Waals surface area contributed by atoms with Gasteiger partial charge in [-0.15, -0.1) is 0 Å². The molecule has 154 valence electrons. The van der Waals surface area contributed by atoms with Crippen molar-refractivity contribution in [2.24, 2.45) is 5.41 Å². The van der Waals surface area contributed by atoms with Gasteiger partial charge in [0.1, 0.15) is 6.04 Å². The Kier molecular flexibility index (Phi) is 4.67. The largest absolute Gasteiger partial charge is 0.322 e. The summed E-state index contributed by atoms with van der Waals surface area (Å²) in [6, 6.07) is 5.38. The van der Waals surface area contributed by atoms with Gasteiger partial charge in [-0.3, -0.25) is 24.6 Å². The molecule has 7 nitrogen and oxygen atoms in total. The number of imide groups is 1. The summed E-state index contributed by atoms with van der Waals surface area (Å²) in [7, 11) is 0. The molecule has 0 bridgehead atoms. The fourth-order valence-electron chi connectivity index (χ4n) is 5.45. The summed E-state index contributed by atoms with van der Waals surface area (Å²) < 4.78 is 0. The number of hydrogen-bond acceptors (Lipinski definition) is 5. The van der Waals surface area contributed by atoms with Crippen LogP contribution >= 0.6 is 0 Å². The summed E-state index contributed by atoms with van der Waals surface area (Å²) in [5, 5.41) is 5.89. The molecule has 0 aromatic heterocycles. The number of nitrogens with one attached hydrogen (secondary N) is 2. The van der Waals surface area contributed by atoms with Crippen LogP contribution in [-0.2, 0) is 22.7 Å². The number of carbonyl (C=O) groups excluding carboxylic acids is 3. The monoisotopic (exact) mass is 396 g/mol. The van der Waals surface area contributed by atoms with Crippen LogP contribution in [0.2, 0.25) is 0 Å². The SMILES string of the molecule is O=C1CCC(N2Cc3c(CN4CCC5(CCNC5)CC4)cccc3C2=O)C(=O)N1. The zero-order valence-electron chi connectivity index (χ0n) is 16.7. The molecule has 1 unspecified atom stereocenters. The van der Waals surface area contributed by atoms with E-state index in [1.165, 1.54) is 24.8 Å². The third kappa shape index (κ3) is 3.36. The number of rotatable bonds is 3. The highest BCUT2D eigenvalue weighted by Crippen LogP contribution is 2.38. The zero-order valence-corrected chi connectivity index (χ0v) is 16.7. The van der Waals surface area contributed by atoms with Crippen LogP contribution in [0, 0.1) is 5.41 Å². The van der Waals surface area contributed by atoms with Crippen LogP contribution < -0.4 is 10.6 Å². The molecule has 4 heterocycles. The Bertz CT molecular complexity index is 852. The van der Waals surface area contributed by atoms with Crippen molar-refractivity contribution >= 4 is 17.7 Å². The molecule has 3 amide bonds. The number of carbonyl (C=O) groups is 3. The van der Waals surface area contributed by atoms with E-state index in [4.69, 9.17) is 0 Å². The third-order valence-electron chi connectivity index (χ3n) is 7.32. The van der Waals surface area contributed by atoms with Gasteiger partial charge in [-0.1, -0.05) is 12.1 Å². The minimum atomic E-state index is -0.551. The maximum atomic E-state index is 13.0. The van der Waals surface area contributed by atoms with Crippen LogP contribution in [0.3, 0.4) is 0 Å². The average molecular weight is 396 g/mol. The minimum absolute atomic E-state index is 0.0917. The number of piperidine rings is 2. The lowest BCUT2D eigenvalue weighted by molar-refractivity contribution is -0.136. The molecule has 0 radical (unpaired) electrons. The molecule has 7 heteroatoms. The van der Waals surface area contributed by atoms with Crippen molar-refractivity contribution in [3.63, 3.8) is 0 Å². The average Bonchev–Trinajstić information content (AvgIpc) is 3.30. The van der Waals surface area contributed by atoms with E-state index in [2.05, 4.69) is 21.6 Å². The van der Waals surface area contributed by atoms with E-state index in [0.29, 0.717) is 23.9 Å². The Balaban J connectivity index is 1.30. The predicted octanol–water partition coefficient (Wildman–Crippen LogP) is 1.02. The number of hydrogen-bond donors (Lipinski definition) is 2. The Morgan fingerprint density at radius 1 is 1.10 bits per heavy atom. The molecule has 1 aromatic carbocycles. The van der Waals surface area contributed by atoms with Crippen molar-refractivity contribution in [2.75, 3.05) is 26.2 Å². The van der Waals surface area contributed by atoms with E-state index in [1.54, 1.807) is 4.90 Å². The van der Waals surface area contributed by atoms with Gasteiger partial charge in [0.25, 0.3) is 5.91 Å². The first-order chi connectivity index (χ1) is 14.0. The highest BCUT2D eigenvalue weighted by molar-refractivity contribution is 6.05. The van der Waals surface area contributed by atoms with E-state index in [0.717, 1.165) is 38.3 Å². The molecule has 4 aliphatic heterocycles. The van der Waals surface area contributed by atoms with Gasteiger partial charge in [-0.05, 0) is 67.9 Å². The third-order valence-corrected chi connectivity index (χ3v) is 7.32. The fraction of sp³-hybridized carbons (Fsp3) is 0.591. The molecule has 3 fully saturated rings. The maximum Gasteiger partial charge on any atom is 0.255 e. The van der Waals surface area contributed by atoms with E-state index in [-0.39, 0.29) is 24.1 Å². The summed E-state index contributed by atoms with van der Waals surface area (Å²) in [5.41, 5.74) is 3.44. The first-order valence-electron chi connectivity index (χ1n) is 10.7. The second-order valence-electron chi connectivity index (χ2n) is 9.05. The maximum absolute atomic E-state index is 13.0. The quantitative estimate of drug-likeness (QED) is 0.746. The van der Waals surface area contributed by atoms with E-state index >= 15 is 0 Å². The lowest BCUT2D eigenvalue weighted by Gasteiger charge is -2.39. The first kappa shape index (κ1) is 18.8. The number of fused-ring (bicyclic) bond motifs is 1. The van der Waals surface area contributed by atoms with Gasteiger partial charge in [-0.25, -0.2) is 0 Å². The van der Waals surface area contributed by atoms with Crippen LogP contribution in [0.4, 0.5) is 0 Å². The number of likely N-dealkylation sites (tertiary alicyclic amines) is 1. The van der Waals surface area contributed by atoms with Gasteiger partial charge in [-0.2, -0.15) is 0 Å². The summed E-state index contributed by atoms with van der Waals surface area (Å²) in [6.07, 6.45) is 4.44. The second kappa shape index (κ2) is 7.22. The summed E-state index contributed by atoms with van der Waals surface area (Å²) >= 11 is 0. The molecular formula is C22H28N4O3. The van der Waals surface area contributed by atoms with Crippen molar-refractivity contribution in [1.29, 1.82) is 0 Å². The Morgan fingerprint density at radius 2 is 1.93 bits per heavy atom.